The van der Waals surface area contributed by atoms with Crippen molar-refractivity contribution < 1.29 is 0 Å². The van der Waals surface area contributed by atoms with E-state index in [1.54, 1.807) is 11.8 Å². The molecule has 3 aromatic rings. The van der Waals surface area contributed by atoms with Crippen LogP contribution in [-0.4, -0.2) is 48.6 Å². The summed E-state index contributed by atoms with van der Waals surface area (Å²) in [6.45, 7) is 3.96. The van der Waals surface area contributed by atoms with Gasteiger partial charge in [-0.3, -0.25) is 9.91 Å². The van der Waals surface area contributed by atoms with Gasteiger partial charge in [0.1, 0.15) is 0 Å². The number of nitrogens with zero attached hydrogens (tertiary/aromatic N) is 3. The number of benzene rings is 3. The number of thioether (sulfide) groups is 1. The van der Waals surface area contributed by atoms with Crippen molar-refractivity contribution in [3.05, 3.63) is 89.5 Å². The Hall–Kier alpha value is -2.56. The summed E-state index contributed by atoms with van der Waals surface area (Å²) in [5.74, 6) is 0. The Morgan fingerprint density at radius 1 is 0.793 bits per heavy atom. The summed E-state index contributed by atoms with van der Waals surface area (Å²) in [4.78, 5) is 3.90. The Balaban J connectivity index is 1.29. The lowest BCUT2D eigenvalue weighted by Crippen LogP contribution is -2.45. The molecule has 0 radical (unpaired) electrons. The molecule has 0 amide bonds. The lowest BCUT2D eigenvalue weighted by Gasteiger charge is -2.37. The lowest BCUT2D eigenvalue weighted by atomic mass is 10.0. The van der Waals surface area contributed by atoms with Crippen molar-refractivity contribution >= 4 is 18.0 Å². The first kappa shape index (κ1) is 18.5. The fourth-order valence-electron chi connectivity index (χ4n) is 4.45. The van der Waals surface area contributed by atoms with Crippen LogP contribution in [0.2, 0.25) is 0 Å². The summed E-state index contributed by atoms with van der Waals surface area (Å²) >= 11 is 1.77. The summed E-state index contributed by atoms with van der Waals surface area (Å²) in [7, 11) is 0. The molecule has 5 rings (SSSR count). The molecular weight excluding hydrogens is 374 g/mol. The van der Waals surface area contributed by atoms with Crippen molar-refractivity contribution in [2.24, 2.45) is 5.10 Å². The molecular formula is C25H25N3S. The molecule has 0 unspecified atom stereocenters. The van der Waals surface area contributed by atoms with E-state index in [9.17, 15) is 0 Å². The second-order valence-corrected chi connectivity index (χ2v) is 8.46. The number of hydrazone groups is 1. The number of rotatable bonds is 4. The minimum Gasteiger partial charge on any atom is -0.294 e. The van der Waals surface area contributed by atoms with Gasteiger partial charge in [0.2, 0.25) is 0 Å². The second-order valence-electron chi connectivity index (χ2n) is 7.58. The average molecular weight is 400 g/mol. The van der Waals surface area contributed by atoms with Crippen LogP contribution >= 0.6 is 11.8 Å². The molecule has 3 nitrogen and oxygen atoms in total. The van der Waals surface area contributed by atoms with Gasteiger partial charge in [-0.25, -0.2) is 0 Å². The van der Waals surface area contributed by atoms with Crippen molar-refractivity contribution in [2.45, 2.75) is 10.9 Å². The van der Waals surface area contributed by atoms with Gasteiger partial charge in [0.25, 0.3) is 0 Å². The largest absolute Gasteiger partial charge is 0.294 e. The highest BCUT2D eigenvalue weighted by Gasteiger charge is 2.33. The van der Waals surface area contributed by atoms with E-state index in [0.29, 0.717) is 6.04 Å². The van der Waals surface area contributed by atoms with Gasteiger partial charge < -0.3 is 0 Å². The molecule has 4 heteroatoms. The van der Waals surface area contributed by atoms with Gasteiger partial charge in [-0.05, 0) is 46.2 Å². The topological polar surface area (TPSA) is 18.8 Å². The molecule has 146 valence electrons. The van der Waals surface area contributed by atoms with Crippen LogP contribution in [0.1, 0.15) is 22.7 Å². The van der Waals surface area contributed by atoms with E-state index >= 15 is 0 Å². The molecule has 2 aliphatic rings. The first-order valence-corrected chi connectivity index (χ1v) is 11.4. The molecule has 0 atom stereocenters. The van der Waals surface area contributed by atoms with Gasteiger partial charge in [0.15, 0.2) is 0 Å². The normalized spacial score (nSPS) is 16.9. The van der Waals surface area contributed by atoms with Crippen molar-refractivity contribution in [1.29, 1.82) is 0 Å². The SMILES string of the molecule is CSc1ccc(C=NN2CCN(C3c4ccccc4-c4ccccc43)CC2)cc1. The number of hydrogen-bond acceptors (Lipinski definition) is 4. The molecule has 1 heterocycles. The predicted molar refractivity (Wildman–Crippen MR) is 123 cm³/mol. The van der Waals surface area contributed by atoms with E-state index in [1.165, 1.54) is 27.1 Å². The third kappa shape index (κ3) is 3.59. The summed E-state index contributed by atoms with van der Waals surface area (Å²) in [5.41, 5.74) is 6.83. The van der Waals surface area contributed by atoms with Crippen LogP contribution in [0.25, 0.3) is 11.1 Å². The van der Waals surface area contributed by atoms with Crippen molar-refractivity contribution in [3.8, 4) is 11.1 Å². The summed E-state index contributed by atoms with van der Waals surface area (Å²) in [6.07, 6.45) is 4.09. The van der Waals surface area contributed by atoms with Crippen LogP contribution in [0.3, 0.4) is 0 Å². The van der Waals surface area contributed by atoms with E-state index in [4.69, 9.17) is 5.10 Å². The zero-order valence-electron chi connectivity index (χ0n) is 16.7. The van der Waals surface area contributed by atoms with E-state index in [-0.39, 0.29) is 0 Å². The smallest absolute Gasteiger partial charge is 0.0615 e. The third-order valence-corrected chi connectivity index (χ3v) is 6.69. The molecule has 0 N–H and O–H groups in total. The monoisotopic (exact) mass is 399 g/mol. The zero-order valence-corrected chi connectivity index (χ0v) is 17.5. The fraction of sp³-hybridized carbons (Fsp3) is 0.240. The van der Waals surface area contributed by atoms with Crippen molar-refractivity contribution in [3.63, 3.8) is 0 Å². The maximum atomic E-state index is 4.73. The molecule has 1 aliphatic carbocycles. The summed E-state index contributed by atoms with van der Waals surface area (Å²) in [5, 5.41) is 6.93. The Bertz CT molecular complexity index is 975. The molecule has 0 spiro atoms. The van der Waals surface area contributed by atoms with Crippen LogP contribution in [0.15, 0.2) is 82.8 Å². The zero-order chi connectivity index (χ0) is 19.6. The molecule has 1 fully saturated rings. The summed E-state index contributed by atoms with van der Waals surface area (Å²) < 4.78 is 0. The van der Waals surface area contributed by atoms with Crippen molar-refractivity contribution in [1.82, 2.24) is 9.91 Å². The number of hydrogen-bond donors (Lipinski definition) is 0. The highest BCUT2D eigenvalue weighted by atomic mass is 32.2. The third-order valence-electron chi connectivity index (χ3n) is 5.94. The standard InChI is InChI=1S/C25H25N3S/c1-29-20-12-10-19(11-13-20)18-26-28-16-14-27(15-17-28)25-23-8-4-2-6-21(23)22-7-3-5-9-24(22)25/h2-13,18,25H,14-17H2,1H3. The molecule has 1 saturated heterocycles. The Kier molecular flexibility index (Phi) is 5.13. The highest BCUT2D eigenvalue weighted by Crippen LogP contribution is 2.46. The van der Waals surface area contributed by atoms with Gasteiger partial charge in [-0.15, -0.1) is 11.8 Å². The maximum absolute atomic E-state index is 4.73. The second kappa shape index (κ2) is 8.05. The van der Waals surface area contributed by atoms with Crippen LogP contribution in [0.5, 0.6) is 0 Å². The first-order valence-electron chi connectivity index (χ1n) is 10.2. The van der Waals surface area contributed by atoms with E-state index in [1.807, 2.05) is 6.21 Å². The first-order chi connectivity index (χ1) is 14.3. The van der Waals surface area contributed by atoms with E-state index in [0.717, 1.165) is 31.7 Å². The van der Waals surface area contributed by atoms with Gasteiger partial charge in [0, 0.05) is 31.1 Å². The van der Waals surface area contributed by atoms with Gasteiger partial charge >= 0.3 is 0 Å². The molecule has 0 aromatic heterocycles. The Labute approximate surface area is 177 Å². The highest BCUT2D eigenvalue weighted by molar-refractivity contribution is 7.98. The lowest BCUT2D eigenvalue weighted by molar-refractivity contribution is 0.114. The van der Waals surface area contributed by atoms with Gasteiger partial charge in [-0.2, -0.15) is 5.10 Å². The van der Waals surface area contributed by atoms with Crippen molar-refractivity contribution in [2.75, 3.05) is 32.4 Å². The maximum Gasteiger partial charge on any atom is 0.0615 e. The minimum atomic E-state index is 0.368. The molecule has 1 aliphatic heterocycles. The number of fused-ring (bicyclic) bond motifs is 3. The fourth-order valence-corrected chi connectivity index (χ4v) is 4.85. The number of piperazine rings is 1. The van der Waals surface area contributed by atoms with Gasteiger partial charge in [-0.1, -0.05) is 60.7 Å². The quantitative estimate of drug-likeness (QED) is 0.448. The average Bonchev–Trinajstić information content (AvgIpc) is 3.13. The van der Waals surface area contributed by atoms with Gasteiger partial charge in [0.05, 0.1) is 12.3 Å². The van der Waals surface area contributed by atoms with Crippen LogP contribution in [0.4, 0.5) is 0 Å². The van der Waals surface area contributed by atoms with E-state index < -0.39 is 0 Å². The van der Waals surface area contributed by atoms with Crippen LogP contribution in [-0.2, 0) is 0 Å². The van der Waals surface area contributed by atoms with Crippen LogP contribution < -0.4 is 0 Å². The molecule has 3 aromatic carbocycles. The van der Waals surface area contributed by atoms with E-state index in [2.05, 4.69) is 89.0 Å². The Morgan fingerprint density at radius 2 is 1.38 bits per heavy atom. The van der Waals surface area contributed by atoms with Crippen LogP contribution in [0, 0.1) is 0 Å². The minimum absolute atomic E-state index is 0.368. The molecule has 0 bridgehead atoms. The molecule has 29 heavy (non-hydrogen) atoms. The Morgan fingerprint density at radius 3 is 1.97 bits per heavy atom. The summed E-state index contributed by atoms with van der Waals surface area (Å²) in [6, 6.07) is 26.7. The molecule has 0 saturated carbocycles. The predicted octanol–water partition coefficient (Wildman–Crippen LogP) is 5.13.